The van der Waals surface area contributed by atoms with Crippen LogP contribution in [0.25, 0.3) is 21.8 Å². The first-order valence-corrected chi connectivity index (χ1v) is 10.9. The molecule has 4 aromatic rings. The molecule has 0 fully saturated rings. The Kier molecular flexibility index (Phi) is 5.31. The Morgan fingerprint density at radius 2 is 1.44 bits per heavy atom. The van der Waals surface area contributed by atoms with Gasteiger partial charge in [0.05, 0.1) is 11.0 Å². The first kappa shape index (κ1) is 20.2. The van der Waals surface area contributed by atoms with Gasteiger partial charge in [0.15, 0.2) is 17.8 Å². The Balaban J connectivity index is 1.37. The number of ketones is 1. The Hall–Kier alpha value is -3.73. The molecule has 0 N–H and O–H groups in total. The van der Waals surface area contributed by atoms with Crippen molar-refractivity contribution in [2.45, 2.75) is 32.2 Å². The number of benzene rings is 3. The molecule has 0 spiro atoms. The number of carbonyl (C=O) groups is 2. The van der Waals surface area contributed by atoms with Crippen LogP contribution in [-0.2, 0) is 28.9 Å². The minimum absolute atomic E-state index is 0.0663. The van der Waals surface area contributed by atoms with Crippen LogP contribution in [0.1, 0.15) is 34.3 Å². The van der Waals surface area contributed by atoms with Gasteiger partial charge in [-0.15, -0.1) is 0 Å². The molecular weight excluding hydrogens is 402 g/mol. The van der Waals surface area contributed by atoms with E-state index in [4.69, 9.17) is 4.74 Å². The highest BCUT2D eigenvalue weighted by molar-refractivity contribution is 5.98. The zero-order valence-corrected chi connectivity index (χ0v) is 17.7. The average Bonchev–Trinajstić information content (AvgIpc) is 2.84. The molecule has 1 aliphatic carbocycles. The van der Waals surface area contributed by atoms with Crippen molar-refractivity contribution in [1.29, 1.82) is 0 Å². The maximum absolute atomic E-state index is 12.8. The van der Waals surface area contributed by atoms with E-state index in [0.29, 0.717) is 27.4 Å². The molecule has 3 aromatic carbocycles. The second-order valence-electron chi connectivity index (χ2n) is 8.22. The smallest absolute Gasteiger partial charge is 0.326 e. The van der Waals surface area contributed by atoms with E-state index in [-0.39, 0.29) is 24.4 Å². The second kappa shape index (κ2) is 8.42. The fourth-order valence-electron chi connectivity index (χ4n) is 4.56. The number of fused-ring (bicyclic) bond motifs is 3. The molecule has 5 rings (SSSR count). The SMILES string of the molecule is O=C(Cn1c2ccccc2c(=O)c2ccccc21)OCC(=O)c1ccc2c(c1)CCCC2. The summed E-state index contributed by atoms with van der Waals surface area (Å²) in [7, 11) is 0. The third-order valence-electron chi connectivity index (χ3n) is 6.20. The minimum Gasteiger partial charge on any atom is -0.456 e. The van der Waals surface area contributed by atoms with Crippen molar-refractivity contribution in [3.05, 3.63) is 93.6 Å². The molecule has 0 unspecified atom stereocenters. The number of Topliss-reactive ketones (excluding diaryl/α,β-unsaturated/α-hetero) is 1. The molecule has 0 amide bonds. The summed E-state index contributed by atoms with van der Waals surface area (Å²) < 4.78 is 7.12. The number of rotatable bonds is 5. The first-order valence-electron chi connectivity index (χ1n) is 10.9. The second-order valence-corrected chi connectivity index (χ2v) is 8.22. The van der Waals surface area contributed by atoms with Crippen LogP contribution in [0.5, 0.6) is 0 Å². The van der Waals surface area contributed by atoms with Crippen molar-refractivity contribution >= 4 is 33.6 Å². The zero-order valence-electron chi connectivity index (χ0n) is 17.7. The Morgan fingerprint density at radius 3 is 2.12 bits per heavy atom. The highest BCUT2D eigenvalue weighted by Crippen LogP contribution is 2.23. The van der Waals surface area contributed by atoms with Gasteiger partial charge in [0.1, 0.15) is 6.54 Å². The number of para-hydroxylation sites is 2. The van der Waals surface area contributed by atoms with Crippen molar-refractivity contribution in [2.24, 2.45) is 0 Å². The third-order valence-corrected chi connectivity index (χ3v) is 6.20. The fraction of sp³-hybridized carbons (Fsp3) is 0.222. The molecule has 0 aliphatic heterocycles. The van der Waals surface area contributed by atoms with Gasteiger partial charge in [0.2, 0.25) is 0 Å². The standard InChI is InChI=1S/C27H23NO4/c29-25(20-14-13-18-7-1-2-8-19(18)15-20)17-32-26(30)16-28-23-11-5-3-9-21(23)27(31)22-10-4-6-12-24(22)28/h3-6,9-15H,1-2,7-8,16-17H2. The van der Waals surface area contributed by atoms with E-state index < -0.39 is 5.97 Å². The Morgan fingerprint density at radius 1 is 0.812 bits per heavy atom. The minimum atomic E-state index is -0.518. The Labute approximate surface area is 185 Å². The summed E-state index contributed by atoms with van der Waals surface area (Å²) in [6.07, 6.45) is 4.37. The summed E-state index contributed by atoms with van der Waals surface area (Å²) in [5.41, 5.74) is 4.37. The molecule has 5 heteroatoms. The van der Waals surface area contributed by atoms with Crippen LogP contribution >= 0.6 is 0 Å². The number of aryl methyl sites for hydroxylation is 2. The lowest BCUT2D eigenvalue weighted by Gasteiger charge is -2.16. The molecular formula is C27H23NO4. The number of nitrogens with zero attached hydrogens (tertiary/aromatic N) is 1. The number of hydrogen-bond acceptors (Lipinski definition) is 4. The summed E-state index contributed by atoms with van der Waals surface area (Å²) in [5, 5.41) is 1.09. The van der Waals surface area contributed by atoms with Crippen molar-refractivity contribution < 1.29 is 14.3 Å². The van der Waals surface area contributed by atoms with E-state index in [0.717, 1.165) is 19.3 Å². The van der Waals surface area contributed by atoms with Crippen molar-refractivity contribution in [3.63, 3.8) is 0 Å². The number of ether oxygens (including phenoxy) is 1. The monoisotopic (exact) mass is 425 g/mol. The maximum atomic E-state index is 12.8. The van der Waals surface area contributed by atoms with Crippen LogP contribution in [0.2, 0.25) is 0 Å². The summed E-state index contributed by atoms with van der Waals surface area (Å²) in [6.45, 7) is -0.382. The largest absolute Gasteiger partial charge is 0.456 e. The van der Waals surface area contributed by atoms with Crippen LogP contribution in [0.4, 0.5) is 0 Å². The van der Waals surface area contributed by atoms with Crippen molar-refractivity contribution in [3.8, 4) is 0 Å². The van der Waals surface area contributed by atoms with Gasteiger partial charge in [-0.05, 0) is 67.1 Å². The van der Waals surface area contributed by atoms with Crippen LogP contribution in [0, 0.1) is 0 Å². The predicted octanol–water partition coefficient (Wildman–Crippen LogP) is 4.46. The Bertz CT molecular complexity index is 1360. The fourth-order valence-corrected chi connectivity index (χ4v) is 4.56. The molecule has 1 aromatic heterocycles. The van der Waals surface area contributed by atoms with Crippen LogP contribution in [0.15, 0.2) is 71.5 Å². The normalized spacial score (nSPS) is 13.1. The zero-order chi connectivity index (χ0) is 22.1. The number of esters is 1. The third kappa shape index (κ3) is 3.71. The molecule has 0 atom stereocenters. The molecule has 160 valence electrons. The van der Waals surface area contributed by atoms with Crippen molar-refractivity contribution in [2.75, 3.05) is 6.61 Å². The van der Waals surface area contributed by atoms with E-state index >= 15 is 0 Å². The number of hydrogen-bond donors (Lipinski definition) is 0. The molecule has 1 aliphatic rings. The van der Waals surface area contributed by atoms with E-state index in [1.807, 2.05) is 42.5 Å². The van der Waals surface area contributed by atoms with E-state index in [1.165, 1.54) is 17.5 Å². The predicted molar refractivity (Wildman–Crippen MR) is 124 cm³/mol. The number of aromatic nitrogens is 1. The molecule has 5 nitrogen and oxygen atoms in total. The topological polar surface area (TPSA) is 65.4 Å². The number of pyridine rings is 1. The maximum Gasteiger partial charge on any atom is 0.326 e. The lowest BCUT2D eigenvalue weighted by Crippen LogP contribution is -2.21. The lowest BCUT2D eigenvalue weighted by molar-refractivity contribution is -0.143. The van der Waals surface area contributed by atoms with Crippen LogP contribution in [-0.4, -0.2) is 22.9 Å². The summed E-state index contributed by atoms with van der Waals surface area (Å²) in [5.74, 6) is -0.725. The van der Waals surface area contributed by atoms with E-state index in [2.05, 4.69) is 0 Å². The van der Waals surface area contributed by atoms with Gasteiger partial charge in [-0.2, -0.15) is 0 Å². The molecule has 0 saturated heterocycles. The molecule has 0 radical (unpaired) electrons. The van der Waals surface area contributed by atoms with Gasteiger partial charge in [0.25, 0.3) is 0 Å². The van der Waals surface area contributed by atoms with Gasteiger partial charge in [-0.1, -0.05) is 36.4 Å². The van der Waals surface area contributed by atoms with Gasteiger partial charge >= 0.3 is 5.97 Å². The van der Waals surface area contributed by atoms with Gasteiger partial charge < -0.3 is 9.30 Å². The molecule has 1 heterocycles. The highest BCUT2D eigenvalue weighted by atomic mass is 16.5. The van der Waals surface area contributed by atoms with Crippen LogP contribution < -0.4 is 5.43 Å². The summed E-state index contributed by atoms with van der Waals surface area (Å²) in [6, 6.07) is 20.2. The first-order chi connectivity index (χ1) is 15.6. The molecule has 0 saturated carbocycles. The van der Waals surface area contributed by atoms with Crippen molar-refractivity contribution in [1.82, 2.24) is 4.57 Å². The van der Waals surface area contributed by atoms with Crippen LogP contribution in [0.3, 0.4) is 0 Å². The quantitative estimate of drug-likeness (QED) is 0.269. The highest BCUT2D eigenvalue weighted by Gasteiger charge is 2.17. The number of carbonyl (C=O) groups excluding carboxylic acids is 2. The average molecular weight is 425 g/mol. The lowest BCUT2D eigenvalue weighted by atomic mass is 9.90. The van der Waals surface area contributed by atoms with E-state index in [9.17, 15) is 14.4 Å². The molecule has 0 bridgehead atoms. The van der Waals surface area contributed by atoms with Gasteiger partial charge in [-0.25, -0.2) is 0 Å². The summed E-state index contributed by atoms with van der Waals surface area (Å²) in [4.78, 5) is 38.1. The van der Waals surface area contributed by atoms with Gasteiger partial charge in [-0.3, -0.25) is 14.4 Å². The van der Waals surface area contributed by atoms with Gasteiger partial charge in [0, 0.05) is 16.3 Å². The van der Waals surface area contributed by atoms with E-state index in [1.54, 1.807) is 28.8 Å². The summed E-state index contributed by atoms with van der Waals surface area (Å²) >= 11 is 0. The molecule has 32 heavy (non-hydrogen) atoms.